The number of hydrogen-bond acceptors (Lipinski definition) is 3. The second kappa shape index (κ2) is 5.13. The van der Waals surface area contributed by atoms with Crippen LogP contribution >= 0.6 is 15.9 Å². The van der Waals surface area contributed by atoms with Gasteiger partial charge in [0, 0.05) is 18.7 Å². The molecule has 0 aliphatic carbocycles. The molecule has 19 heavy (non-hydrogen) atoms. The van der Waals surface area contributed by atoms with Crippen molar-refractivity contribution < 1.29 is 9.84 Å². The van der Waals surface area contributed by atoms with Crippen LogP contribution in [0.5, 0.6) is 11.5 Å². The first-order valence-corrected chi connectivity index (χ1v) is 6.99. The van der Waals surface area contributed by atoms with Gasteiger partial charge in [-0.25, -0.2) is 0 Å². The van der Waals surface area contributed by atoms with Crippen molar-refractivity contribution in [2.24, 2.45) is 0 Å². The number of halogens is 1. The van der Waals surface area contributed by atoms with Crippen LogP contribution in [0.3, 0.4) is 0 Å². The molecule has 0 bridgehead atoms. The van der Waals surface area contributed by atoms with Crippen LogP contribution in [0.4, 0.5) is 5.69 Å². The molecule has 3 rings (SSSR count). The molecule has 4 heteroatoms. The minimum Gasteiger partial charge on any atom is -0.507 e. The molecule has 0 aromatic heterocycles. The zero-order valence-corrected chi connectivity index (χ0v) is 11.9. The minimum atomic E-state index is 0.262. The molecule has 2 aromatic carbocycles. The molecular formula is C15H14BrNO2. The number of ether oxygens (including phenoxy) is 1. The predicted molar refractivity (Wildman–Crippen MR) is 78.8 cm³/mol. The molecule has 0 radical (unpaired) electrons. The Morgan fingerprint density at radius 3 is 2.95 bits per heavy atom. The molecule has 2 N–H and O–H groups in total. The number of hydrogen-bond donors (Lipinski definition) is 2. The van der Waals surface area contributed by atoms with Crippen LogP contribution in [0.2, 0.25) is 0 Å². The molecule has 1 heterocycles. The number of rotatable bonds is 3. The van der Waals surface area contributed by atoms with Gasteiger partial charge in [0.05, 0.1) is 11.1 Å². The van der Waals surface area contributed by atoms with Crippen molar-refractivity contribution >= 4 is 21.6 Å². The molecule has 0 saturated carbocycles. The summed E-state index contributed by atoms with van der Waals surface area (Å²) in [5, 5.41) is 12.8. The molecule has 0 amide bonds. The van der Waals surface area contributed by atoms with E-state index in [-0.39, 0.29) is 5.75 Å². The van der Waals surface area contributed by atoms with E-state index in [1.807, 2.05) is 24.3 Å². The summed E-state index contributed by atoms with van der Waals surface area (Å²) in [6.07, 6.45) is 0.982. The first kappa shape index (κ1) is 12.4. The standard InChI is InChI=1S/C15H14BrNO2/c16-13-7-10(1-3-14(13)18)9-17-12-2-4-15-11(8-12)5-6-19-15/h1-4,7-8,17-18H,5-6,9H2. The Bertz CT molecular complexity index is 613. The summed E-state index contributed by atoms with van der Waals surface area (Å²) < 4.78 is 6.20. The van der Waals surface area contributed by atoms with Gasteiger partial charge in [-0.15, -0.1) is 0 Å². The van der Waals surface area contributed by atoms with Gasteiger partial charge in [-0.05, 0) is 57.4 Å². The summed E-state index contributed by atoms with van der Waals surface area (Å²) in [4.78, 5) is 0. The maximum absolute atomic E-state index is 9.45. The molecular weight excluding hydrogens is 306 g/mol. The zero-order chi connectivity index (χ0) is 13.2. The van der Waals surface area contributed by atoms with E-state index in [1.165, 1.54) is 5.56 Å². The highest BCUT2D eigenvalue weighted by molar-refractivity contribution is 9.10. The third kappa shape index (κ3) is 2.68. The fourth-order valence-corrected chi connectivity index (χ4v) is 2.59. The molecule has 2 aromatic rings. The maximum atomic E-state index is 9.45. The summed E-state index contributed by atoms with van der Waals surface area (Å²) in [6, 6.07) is 11.7. The first-order valence-electron chi connectivity index (χ1n) is 6.19. The van der Waals surface area contributed by atoms with Crippen LogP contribution in [0, 0.1) is 0 Å². The molecule has 0 spiro atoms. The summed E-state index contributed by atoms with van der Waals surface area (Å²) in [5.41, 5.74) is 3.46. The van der Waals surface area contributed by atoms with Gasteiger partial charge in [-0.1, -0.05) is 6.07 Å². The van der Waals surface area contributed by atoms with Crippen molar-refractivity contribution in [3.8, 4) is 11.5 Å². The van der Waals surface area contributed by atoms with Gasteiger partial charge in [0.1, 0.15) is 11.5 Å². The number of nitrogens with one attached hydrogen (secondary N) is 1. The van der Waals surface area contributed by atoms with Crippen molar-refractivity contribution in [3.63, 3.8) is 0 Å². The van der Waals surface area contributed by atoms with Crippen molar-refractivity contribution in [3.05, 3.63) is 52.0 Å². The van der Waals surface area contributed by atoms with Crippen molar-refractivity contribution in [2.75, 3.05) is 11.9 Å². The second-order valence-electron chi connectivity index (χ2n) is 4.56. The largest absolute Gasteiger partial charge is 0.507 e. The monoisotopic (exact) mass is 319 g/mol. The van der Waals surface area contributed by atoms with E-state index in [1.54, 1.807) is 6.07 Å². The van der Waals surface area contributed by atoms with Gasteiger partial charge >= 0.3 is 0 Å². The Morgan fingerprint density at radius 1 is 1.21 bits per heavy atom. The molecule has 0 saturated heterocycles. The summed E-state index contributed by atoms with van der Waals surface area (Å²) >= 11 is 3.32. The number of fused-ring (bicyclic) bond motifs is 1. The third-order valence-electron chi connectivity index (χ3n) is 3.20. The average Bonchev–Trinajstić information content (AvgIpc) is 2.87. The summed E-state index contributed by atoms with van der Waals surface area (Å²) in [6.45, 7) is 1.50. The molecule has 3 nitrogen and oxygen atoms in total. The summed E-state index contributed by atoms with van der Waals surface area (Å²) in [5.74, 6) is 1.26. The number of aromatic hydroxyl groups is 1. The lowest BCUT2D eigenvalue weighted by molar-refractivity contribution is 0.357. The molecule has 0 atom stereocenters. The van der Waals surface area contributed by atoms with Gasteiger partial charge < -0.3 is 15.2 Å². The first-order chi connectivity index (χ1) is 9.22. The molecule has 1 aliphatic rings. The molecule has 0 unspecified atom stereocenters. The third-order valence-corrected chi connectivity index (χ3v) is 3.83. The summed E-state index contributed by atoms with van der Waals surface area (Å²) in [7, 11) is 0. The maximum Gasteiger partial charge on any atom is 0.129 e. The Balaban J connectivity index is 1.70. The Hall–Kier alpha value is -1.68. The number of anilines is 1. The van der Waals surface area contributed by atoms with Crippen LogP contribution in [-0.4, -0.2) is 11.7 Å². The van der Waals surface area contributed by atoms with Crippen LogP contribution < -0.4 is 10.1 Å². The highest BCUT2D eigenvalue weighted by atomic mass is 79.9. The average molecular weight is 320 g/mol. The van der Waals surface area contributed by atoms with E-state index in [0.717, 1.165) is 36.6 Å². The van der Waals surface area contributed by atoms with Crippen molar-refractivity contribution in [2.45, 2.75) is 13.0 Å². The Kier molecular flexibility index (Phi) is 3.34. The lowest BCUT2D eigenvalue weighted by Crippen LogP contribution is -1.99. The lowest BCUT2D eigenvalue weighted by Gasteiger charge is -2.09. The van der Waals surface area contributed by atoms with E-state index in [0.29, 0.717) is 4.47 Å². The SMILES string of the molecule is Oc1ccc(CNc2ccc3c(c2)CCO3)cc1Br. The van der Waals surface area contributed by atoms with Crippen LogP contribution in [0.1, 0.15) is 11.1 Å². The topological polar surface area (TPSA) is 41.5 Å². The molecule has 0 fully saturated rings. The fraction of sp³-hybridized carbons (Fsp3) is 0.200. The van der Waals surface area contributed by atoms with Gasteiger partial charge in [-0.2, -0.15) is 0 Å². The van der Waals surface area contributed by atoms with Crippen LogP contribution in [-0.2, 0) is 13.0 Å². The fourth-order valence-electron chi connectivity index (χ4n) is 2.16. The Labute approximate surface area is 120 Å². The highest BCUT2D eigenvalue weighted by Crippen LogP contribution is 2.28. The van der Waals surface area contributed by atoms with E-state index in [4.69, 9.17) is 4.74 Å². The second-order valence-corrected chi connectivity index (χ2v) is 5.41. The quantitative estimate of drug-likeness (QED) is 0.906. The number of benzene rings is 2. The van der Waals surface area contributed by atoms with Gasteiger partial charge in [0.2, 0.25) is 0 Å². The normalized spacial score (nSPS) is 12.9. The van der Waals surface area contributed by atoms with Gasteiger partial charge in [0.15, 0.2) is 0 Å². The van der Waals surface area contributed by atoms with Crippen LogP contribution in [0.15, 0.2) is 40.9 Å². The molecule has 1 aliphatic heterocycles. The van der Waals surface area contributed by atoms with E-state index in [9.17, 15) is 5.11 Å². The van der Waals surface area contributed by atoms with E-state index >= 15 is 0 Å². The highest BCUT2D eigenvalue weighted by Gasteiger charge is 2.11. The van der Waals surface area contributed by atoms with Gasteiger partial charge in [-0.3, -0.25) is 0 Å². The lowest BCUT2D eigenvalue weighted by atomic mass is 10.1. The zero-order valence-electron chi connectivity index (χ0n) is 10.3. The Morgan fingerprint density at radius 2 is 2.11 bits per heavy atom. The van der Waals surface area contributed by atoms with Gasteiger partial charge in [0.25, 0.3) is 0 Å². The number of phenols is 1. The van der Waals surface area contributed by atoms with Crippen molar-refractivity contribution in [1.29, 1.82) is 0 Å². The van der Waals surface area contributed by atoms with Crippen LogP contribution in [0.25, 0.3) is 0 Å². The number of phenolic OH excluding ortho intramolecular Hbond substituents is 1. The van der Waals surface area contributed by atoms with E-state index < -0.39 is 0 Å². The molecule has 98 valence electrons. The smallest absolute Gasteiger partial charge is 0.129 e. The van der Waals surface area contributed by atoms with Crippen molar-refractivity contribution in [1.82, 2.24) is 0 Å². The predicted octanol–water partition coefficient (Wildman–Crippen LogP) is 3.70. The minimum absolute atomic E-state index is 0.262. The van der Waals surface area contributed by atoms with E-state index in [2.05, 4.69) is 27.3 Å².